The zero-order chi connectivity index (χ0) is 40.2. The molecule has 2 saturated carbocycles. The van der Waals surface area contributed by atoms with Crippen LogP contribution in [0.5, 0.6) is 5.88 Å². The maximum Gasteiger partial charge on any atom is 0.292 e. The van der Waals surface area contributed by atoms with Gasteiger partial charge < -0.3 is 14.2 Å². The maximum absolute atomic E-state index is 15.0. The van der Waals surface area contributed by atoms with Crippen molar-refractivity contribution < 1.29 is 50.0 Å². The second-order valence-corrected chi connectivity index (χ2v) is 18.3. The lowest BCUT2D eigenvalue weighted by Crippen LogP contribution is -2.47. The smallest absolute Gasteiger partial charge is 0.292 e. The number of aryl methyl sites for hydroxylation is 1. The third-order valence-corrected chi connectivity index (χ3v) is 13.8. The number of ketones is 2. The molecule has 3 fully saturated rings. The minimum Gasteiger partial charge on any atom is -0.471 e. The normalized spacial score (nSPS) is 27.4. The summed E-state index contributed by atoms with van der Waals surface area (Å²) in [7, 11) is -4.04. The molecule has 1 aromatic carbocycles. The Labute approximate surface area is 321 Å². The molecule has 1 saturated heterocycles. The molecule has 7 rings (SSSR count). The third kappa shape index (κ3) is 7.96. The Morgan fingerprint density at radius 2 is 1.88 bits per heavy atom. The van der Waals surface area contributed by atoms with E-state index in [2.05, 4.69) is 19.8 Å². The highest BCUT2D eigenvalue weighted by atomic mass is 32.2. The number of rotatable bonds is 9. The summed E-state index contributed by atoms with van der Waals surface area (Å²) < 4.78 is 82.6. The summed E-state index contributed by atoms with van der Waals surface area (Å²) in [5, 5.41) is 3.81. The number of nitrogens with one attached hydrogen (secondary N) is 1. The monoisotopic (exact) mass is 799 g/mol. The number of halogens is 3. The van der Waals surface area contributed by atoms with E-state index in [-0.39, 0.29) is 42.5 Å². The van der Waals surface area contributed by atoms with Crippen LogP contribution in [0.2, 0.25) is 0 Å². The van der Waals surface area contributed by atoms with Crippen LogP contribution in [0.1, 0.15) is 106 Å². The SMILES string of the molecule is Cc1cc(C(=O)C[C@H]2CCCCC/C=C\[C@@H]3C[C@@]3(C(=O)NS(=O)(=O)C3(C)CC3)CC(=O)[C@@H]3C[C@@H](Oc4nc5cc(F)ccc5nc4C(C)(F)F)CN3C2=O)no1. The Kier molecular flexibility index (Phi) is 10.4. The fraction of sp³-hybridized carbons (Fsp3) is 0.564. The topological polar surface area (TPSA) is 179 Å². The Morgan fingerprint density at radius 1 is 1.11 bits per heavy atom. The van der Waals surface area contributed by atoms with Gasteiger partial charge in [0.1, 0.15) is 23.4 Å². The van der Waals surface area contributed by atoms with Gasteiger partial charge in [-0.2, -0.15) is 8.78 Å². The summed E-state index contributed by atoms with van der Waals surface area (Å²) in [6.45, 7) is 3.52. The second-order valence-electron chi connectivity index (χ2n) is 16.1. The van der Waals surface area contributed by atoms with Gasteiger partial charge in [0.2, 0.25) is 27.7 Å². The van der Waals surface area contributed by atoms with Gasteiger partial charge in [-0.3, -0.25) is 23.9 Å². The number of hydrogen-bond donors (Lipinski definition) is 1. The van der Waals surface area contributed by atoms with Crippen LogP contribution in [-0.2, 0) is 30.3 Å². The summed E-state index contributed by atoms with van der Waals surface area (Å²) >= 11 is 0. The fourth-order valence-corrected chi connectivity index (χ4v) is 9.12. The molecule has 13 nitrogen and oxygen atoms in total. The number of carbonyl (C=O) groups is 4. The molecule has 2 aliphatic heterocycles. The number of aromatic nitrogens is 3. The Hall–Kier alpha value is -4.67. The van der Waals surface area contributed by atoms with Crippen LogP contribution in [0.3, 0.4) is 0 Å². The molecular formula is C39H44F3N5O8S. The van der Waals surface area contributed by atoms with Gasteiger partial charge in [-0.15, -0.1) is 0 Å². The first-order valence-electron chi connectivity index (χ1n) is 18.9. The molecule has 4 aliphatic rings. The number of Topliss-reactive ketones (excluding diaryl/α,β-unsaturated/α-hetero) is 2. The zero-order valence-corrected chi connectivity index (χ0v) is 32.2. The number of sulfonamides is 1. The van der Waals surface area contributed by atoms with E-state index < -0.39 is 97.3 Å². The third-order valence-electron chi connectivity index (χ3n) is 11.6. The van der Waals surface area contributed by atoms with E-state index in [1.54, 1.807) is 13.8 Å². The summed E-state index contributed by atoms with van der Waals surface area (Å²) in [5.41, 5.74) is -2.22. The lowest BCUT2D eigenvalue weighted by molar-refractivity contribution is -0.142. The van der Waals surface area contributed by atoms with Crippen LogP contribution in [0.25, 0.3) is 11.0 Å². The number of ether oxygens (including phenoxy) is 1. The molecule has 0 radical (unpaired) electrons. The predicted molar refractivity (Wildman–Crippen MR) is 194 cm³/mol. The number of nitrogens with zero attached hydrogens (tertiary/aromatic N) is 4. The number of alkyl halides is 2. The molecule has 0 spiro atoms. The van der Waals surface area contributed by atoms with E-state index in [0.717, 1.165) is 18.6 Å². The molecule has 3 aromatic rings. The molecule has 17 heteroatoms. The standard InChI is InChI=1S/C39H44F3N5O8S/c1-22-15-29(45-55-22)31(48)16-23-9-7-5-4-6-8-10-24-19-39(24,36(51)46-56(52,53)37(2)13-14-37)20-32(49)30-18-26(21-47(30)35(23)50)54-34-33(38(3,41)42)43-27-12-11-25(40)17-28(27)44-34/h8,10-12,15,17,23-24,26,30H,4-7,9,13-14,16,18-21H2,1-3H3,(H,46,51)/b10-8-/t23-,24-,26-,30+,39-/m1/s1. The van der Waals surface area contributed by atoms with Crippen molar-refractivity contribution in [3.05, 3.63) is 59.4 Å². The Bertz CT molecular complexity index is 2220. The predicted octanol–water partition coefficient (Wildman–Crippen LogP) is 5.90. The Morgan fingerprint density at radius 3 is 2.57 bits per heavy atom. The van der Waals surface area contributed by atoms with Crippen LogP contribution in [0, 0.1) is 30.0 Å². The lowest BCUT2D eigenvalue weighted by atomic mass is 9.90. The Balaban J connectivity index is 1.23. The van der Waals surface area contributed by atoms with Gasteiger partial charge >= 0.3 is 0 Å². The average Bonchev–Trinajstić information content (AvgIpc) is 3.93. The number of amides is 2. The van der Waals surface area contributed by atoms with Gasteiger partial charge in [-0.05, 0) is 70.4 Å². The molecule has 300 valence electrons. The molecule has 2 amide bonds. The highest BCUT2D eigenvalue weighted by molar-refractivity contribution is 7.91. The number of fused-ring (bicyclic) bond motifs is 3. The van der Waals surface area contributed by atoms with Gasteiger partial charge in [-0.1, -0.05) is 30.2 Å². The maximum atomic E-state index is 15.0. The van der Waals surface area contributed by atoms with Crippen LogP contribution < -0.4 is 9.46 Å². The van der Waals surface area contributed by atoms with E-state index in [4.69, 9.17) is 9.26 Å². The summed E-state index contributed by atoms with van der Waals surface area (Å²) in [5.74, 6) is -8.07. The van der Waals surface area contributed by atoms with Crippen LogP contribution in [0.15, 0.2) is 40.9 Å². The van der Waals surface area contributed by atoms with Gasteiger partial charge in [0, 0.05) is 44.2 Å². The van der Waals surface area contributed by atoms with Gasteiger partial charge in [0.25, 0.3) is 5.92 Å². The van der Waals surface area contributed by atoms with Crippen molar-refractivity contribution in [3.63, 3.8) is 0 Å². The lowest BCUT2D eigenvalue weighted by Gasteiger charge is -2.29. The van der Waals surface area contributed by atoms with Crippen molar-refractivity contribution in [2.75, 3.05) is 6.54 Å². The summed E-state index contributed by atoms with van der Waals surface area (Å²) in [4.78, 5) is 65.8. The molecule has 2 aliphatic carbocycles. The largest absolute Gasteiger partial charge is 0.471 e. The molecule has 0 bridgehead atoms. The van der Waals surface area contributed by atoms with Crippen molar-refractivity contribution in [2.45, 2.75) is 114 Å². The van der Waals surface area contributed by atoms with E-state index in [9.17, 15) is 40.8 Å². The number of benzene rings is 1. The molecular weight excluding hydrogens is 756 g/mol. The first kappa shape index (κ1) is 39.6. The molecule has 4 heterocycles. The highest BCUT2D eigenvalue weighted by Gasteiger charge is 2.62. The molecule has 0 unspecified atom stereocenters. The summed E-state index contributed by atoms with van der Waals surface area (Å²) in [6, 6.07) is 3.54. The highest BCUT2D eigenvalue weighted by Crippen LogP contribution is 2.57. The van der Waals surface area contributed by atoms with Gasteiger partial charge in [-0.25, -0.2) is 22.8 Å². The number of carbonyl (C=O) groups excluding carboxylic acids is 4. The van der Waals surface area contributed by atoms with Crippen LogP contribution in [-0.4, -0.2) is 75.3 Å². The first-order valence-corrected chi connectivity index (χ1v) is 20.4. The number of hydrogen-bond acceptors (Lipinski definition) is 11. The zero-order valence-electron chi connectivity index (χ0n) is 31.4. The summed E-state index contributed by atoms with van der Waals surface area (Å²) in [6.07, 6.45) is 5.82. The minimum absolute atomic E-state index is 0.00355. The van der Waals surface area contributed by atoms with E-state index in [1.807, 2.05) is 12.2 Å². The first-order chi connectivity index (χ1) is 26.4. The van der Waals surface area contributed by atoms with Crippen molar-refractivity contribution in [1.82, 2.24) is 24.7 Å². The average molecular weight is 800 g/mol. The van der Waals surface area contributed by atoms with Gasteiger partial charge in [0.05, 0.1) is 33.8 Å². The van der Waals surface area contributed by atoms with Crippen LogP contribution in [0.4, 0.5) is 13.2 Å². The van der Waals surface area contributed by atoms with Crippen molar-refractivity contribution >= 4 is 44.4 Å². The van der Waals surface area contributed by atoms with Crippen molar-refractivity contribution in [1.29, 1.82) is 0 Å². The fourth-order valence-electron chi connectivity index (χ4n) is 7.78. The second kappa shape index (κ2) is 14.7. The molecule has 2 aromatic heterocycles. The van der Waals surface area contributed by atoms with E-state index in [1.165, 1.54) is 17.0 Å². The minimum atomic E-state index is -4.04. The molecule has 5 atom stereocenters. The van der Waals surface area contributed by atoms with Crippen molar-refractivity contribution in [2.24, 2.45) is 17.3 Å². The van der Waals surface area contributed by atoms with Crippen LogP contribution >= 0.6 is 0 Å². The van der Waals surface area contributed by atoms with E-state index >= 15 is 0 Å². The molecule has 56 heavy (non-hydrogen) atoms. The molecule has 1 N–H and O–H groups in total. The quantitative estimate of drug-likeness (QED) is 0.201. The van der Waals surface area contributed by atoms with Crippen molar-refractivity contribution in [3.8, 4) is 5.88 Å². The van der Waals surface area contributed by atoms with E-state index in [0.29, 0.717) is 51.2 Å². The van der Waals surface area contributed by atoms with Gasteiger partial charge in [0.15, 0.2) is 17.3 Å². The number of allylic oxidation sites excluding steroid dienone is 2.